The first kappa shape index (κ1) is 13.8. The number of rotatable bonds is 2. The standard InChI is InChI=1S/C17H17N5O/c23-17(13-4-5-14-15(11-13)20-12-19-14)22-9-7-21(8-10-22)16-3-1-2-6-18-16/h1-6,11-12H,7-10H2,(H,19,20). The molecule has 116 valence electrons. The first-order valence-corrected chi connectivity index (χ1v) is 7.70. The van der Waals surface area contributed by atoms with Gasteiger partial charge in [0.25, 0.3) is 5.91 Å². The van der Waals surface area contributed by atoms with Gasteiger partial charge in [0, 0.05) is 37.9 Å². The van der Waals surface area contributed by atoms with E-state index in [0.29, 0.717) is 18.7 Å². The molecule has 6 nitrogen and oxygen atoms in total. The number of nitrogens with zero attached hydrogens (tertiary/aromatic N) is 4. The van der Waals surface area contributed by atoms with Gasteiger partial charge in [-0.15, -0.1) is 0 Å². The molecule has 1 amide bonds. The fourth-order valence-corrected chi connectivity index (χ4v) is 2.93. The molecular weight excluding hydrogens is 290 g/mol. The van der Waals surface area contributed by atoms with Crippen LogP contribution in [0.15, 0.2) is 48.9 Å². The summed E-state index contributed by atoms with van der Waals surface area (Å²) in [5.74, 6) is 1.04. The van der Waals surface area contributed by atoms with Crippen molar-refractivity contribution in [1.82, 2.24) is 19.9 Å². The molecule has 0 bridgehead atoms. The van der Waals surface area contributed by atoms with Gasteiger partial charge >= 0.3 is 0 Å². The van der Waals surface area contributed by atoms with Gasteiger partial charge in [0.2, 0.25) is 0 Å². The molecule has 0 radical (unpaired) electrons. The summed E-state index contributed by atoms with van der Waals surface area (Å²) in [7, 11) is 0. The smallest absolute Gasteiger partial charge is 0.254 e. The summed E-state index contributed by atoms with van der Waals surface area (Å²) in [6.45, 7) is 3.01. The summed E-state index contributed by atoms with van der Waals surface area (Å²) >= 11 is 0. The van der Waals surface area contributed by atoms with Crippen LogP contribution in [0.4, 0.5) is 5.82 Å². The van der Waals surface area contributed by atoms with Crippen LogP contribution >= 0.6 is 0 Å². The van der Waals surface area contributed by atoms with E-state index in [4.69, 9.17) is 0 Å². The predicted molar refractivity (Wildman–Crippen MR) is 88.4 cm³/mol. The Morgan fingerprint density at radius 1 is 1.04 bits per heavy atom. The van der Waals surface area contributed by atoms with E-state index in [-0.39, 0.29) is 5.91 Å². The molecule has 3 heterocycles. The number of hydrogen-bond acceptors (Lipinski definition) is 4. The second-order valence-electron chi connectivity index (χ2n) is 5.60. The summed E-state index contributed by atoms with van der Waals surface area (Å²) in [6, 6.07) is 11.5. The molecule has 0 saturated carbocycles. The molecule has 2 aromatic heterocycles. The number of anilines is 1. The molecule has 0 aliphatic carbocycles. The van der Waals surface area contributed by atoms with Crippen molar-refractivity contribution in [2.45, 2.75) is 0 Å². The molecule has 0 spiro atoms. The third-order valence-electron chi connectivity index (χ3n) is 4.21. The van der Waals surface area contributed by atoms with E-state index in [1.54, 1.807) is 12.5 Å². The number of amides is 1. The topological polar surface area (TPSA) is 65.1 Å². The van der Waals surface area contributed by atoms with E-state index >= 15 is 0 Å². The number of carbonyl (C=O) groups excluding carboxylic acids is 1. The van der Waals surface area contributed by atoms with Crippen molar-refractivity contribution in [2.75, 3.05) is 31.1 Å². The van der Waals surface area contributed by atoms with Gasteiger partial charge in [-0.25, -0.2) is 9.97 Å². The number of piperazine rings is 1. The molecular formula is C17H17N5O. The van der Waals surface area contributed by atoms with E-state index in [1.807, 2.05) is 41.3 Å². The second-order valence-corrected chi connectivity index (χ2v) is 5.60. The number of pyridine rings is 1. The van der Waals surface area contributed by atoms with Gasteiger partial charge in [0.1, 0.15) is 5.82 Å². The van der Waals surface area contributed by atoms with Crippen molar-refractivity contribution < 1.29 is 4.79 Å². The molecule has 1 fully saturated rings. The molecule has 23 heavy (non-hydrogen) atoms. The van der Waals surface area contributed by atoms with Crippen LogP contribution in [0.2, 0.25) is 0 Å². The zero-order valence-electron chi connectivity index (χ0n) is 12.6. The Kier molecular flexibility index (Phi) is 3.42. The highest BCUT2D eigenvalue weighted by Gasteiger charge is 2.23. The van der Waals surface area contributed by atoms with Crippen LogP contribution in [0, 0.1) is 0 Å². The fraction of sp³-hybridized carbons (Fsp3) is 0.235. The SMILES string of the molecule is O=C(c1ccc2nc[nH]c2c1)N1CCN(c2ccccn2)CC1. The number of hydrogen-bond donors (Lipinski definition) is 1. The van der Waals surface area contributed by atoms with Crippen molar-refractivity contribution in [1.29, 1.82) is 0 Å². The Morgan fingerprint density at radius 2 is 1.91 bits per heavy atom. The monoisotopic (exact) mass is 307 g/mol. The highest BCUT2D eigenvalue weighted by molar-refractivity contribution is 5.97. The molecule has 1 aromatic carbocycles. The maximum absolute atomic E-state index is 12.7. The first-order valence-electron chi connectivity index (χ1n) is 7.70. The summed E-state index contributed by atoms with van der Waals surface area (Å²) in [5.41, 5.74) is 2.47. The van der Waals surface area contributed by atoms with Gasteiger partial charge in [-0.3, -0.25) is 4.79 Å². The van der Waals surface area contributed by atoms with Crippen LogP contribution in [-0.4, -0.2) is 51.9 Å². The third-order valence-corrected chi connectivity index (χ3v) is 4.21. The zero-order valence-corrected chi connectivity index (χ0v) is 12.6. The van der Waals surface area contributed by atoms with Crippen LogP contribution in [0.3, 0.4) is 0 Å². The summed E-state index contributed by atoms with van der Waals surface area (Å²) < 4.78 is 0. The minimum absolute atomic E-state index is 0.0715. The zero-order chi connectivity index (χ0) is 15.6. The highest BCUT2D eigenvalue weighted by atomic mass is 16.2. The molecule has 6 heteroatoms. The van der Waals surface area contributed by atoms with Crippen molar-refractivity contribution in [2.24, 2.45) is 0 Å². The van der Waals surface area contributed by atoms with Gasteiger partial charge in [-0.05, 0) is 30.3 Å². The Morgan fingerprint density at radius 3 is 2.70 bits per heavy atom. The Balaban J connectivity index is 1.46. The quantitative estimate of drug-likeness (QED) is 0.785. The first-order chi connectivity index (χ1) is 11.3. The average Bonchev–Trinajstić information content (AvgIpc) is 3.10. The highest BCUT2D eigenvalue weighted by Crippen LogP contribution is 2.17. The van der Waals surface area contributed by atoms with E-state index in [1.165, 1.54) is 0 Å². The van der Waals surface area contributed by atoms with E-state index in [9.17, 15) is 4.79 Å². The Labute approximate surface area is 133 Å². The lowest BCUT2D eigenvalue weighted by molar-refractivity contribution is 0.0746. The van der Waals surface area contributed by atoms with E-state index in [0.717, 1.165) is 29.9 Å². The second kappa shape index (κ2) is 5.72. The number of aromatic nitrogens is 3. The molecule has 0 unspecified atom stereocenters. The van der Waals surface area contributed by atoms with Gasteiger partial charge in [0.15, 0.2) is 0 Å². The minimum atomic E-state index is 0.0715. The largest absolute Gasteiger partial charge is 0.353 e. The van der Waals surface area contributed by atoms with E-state index in [2.05, 4.69) is 19.9 Å². The summed E-state index contributed by atoms with van der Waals surface area (Å²) in [4.78, 5) is 28.4. The number of nitrogens with one attached hydrogen (secondary N) is 1. The van der Waals surface area contributed by atoms with E-state index < -0.39 is 0 Å². The number of carbonyl (C=O) groups is 1. The van der Waals surface area contributed by atoms with Gasteiger partial charge in [0.05, 0.1) is 17.4 Å². The van der Waals surface area contributed by atoms with Crippen LogP contribution in [-0.2, 0) is 0 Å². The Bertz CT molecular complexity index is 821. The van der Waals surface area contributed by atoms with Crippen LogP contribution in [0.5, 0.6) is 0 Å². The van der Waals surface area contributed by atoms with Crippen LogP contribution < -0.4 is 4.90 Å². The maximum Gasteiger partial charge on any atom is 0.254 e. The molecule has 1 saturated heterocycles. The molecule has 1 aliphatic rings. The lowest BCUT2D eigenvalue weighted by Crippen LogP contribution is -2.49. The maximum atomic E-state index is 12.7. The van der Waals surface area contributed by atoms with Crippen molar-refractivity contribution in [3.05, 3.63) is 54.5 Å². The normalized spacial score (nSPS) is 15.1. The number of imidazole rings is 1. The fourth-order valence-electron chi connectivity index (χ4n) is 2.93. The molecule has 0 atom stereocenters. The predicted octanol–water partition coefficient (Wildman–Crippen LogP) is 1.92. The molecule has 1 N–H and O–H groups in total. The van der Waals surface area contributed by atoms with Crippen LogP contribution in [0.1, 0.15) is 10.4 Å². The Hall–Kier alpha value is -2.89. The molecule has 3 aromatic rings. The molecule has 1 aliphatic heterocycles. The minimum Gasteiger partial charge on any atom is -0.353 e. The number of benzene rings is 1. The van der Waals surface area contributed by atoms with Gasteiger partial charge in [-0.1, -0.05) is 6.07 Å². The average molecular weight is 307 g/mol. The lowest BCUT2D eigenvalue weighted by Gasteiger charge is -2.35. The third kappa shape index (κ3) is 2.63. The summed E-state index contributed by atoms with van der Waals surface area (Å²) in [6.07, 6.45) is 3.44. The lowest BCUT2D eigenvalue weighted by atomic mass is 10.1. The number of aromatic amines is 1. The summed E-state index contributed by atoms with van der Waals surface area (Å²) in [5, 5.41) is 0. The molecule has 4 rings (SSSR count). The van der Waals surface area contributed by atoms with Crippen molar-refractivity contribution in [3.8, 4) is 0 Å². The van der Waals surface area contributed by atoms with Gasteiger partial charge in [-0.2, -0.15) is 0 Å². The van der Waals surface area contributed by atoms with Gasteiger partial charge < -0.3 is 14.8 Å². The van der Waals surface area contributed by atoms with Crippen LogP contribution in [0.25, 0.3) is 11.0 Å². The van der Waals surface area contributed by atoms with Crippen molar-refractivity contribution >= 4 is 22.8 Å². The van der Waals surface area contributed by atoms with Crippen molar-refractivity contribution in [3.63, 3.8) is 0 Å². The number of H-pyrrole nitrogens is 1. The number of fused-ring (bicyclic) bond motifs is 1.